The third-order valence-corrected chi connectivity index (χ3v) is 9.63. The number of rotatable bonds is 8. The van der Waals surface area contributed by atoms with Crippen LogP contribution in [0.5, 0.6) is 0 Å². The Kier molecular flexibility index (Phi) is 6.36. The predicted molar refractivity (Wildman–Crippen MR) is 100 cm³/mol. The SMILES string of the molecule is CC(C)[C@H](CC=O)C(S(=O)(=O)c1ccccc1)S(=O)(=O)c1ccccc1. The molecular formula is C19H22O5S2. The largest absolute Gasteiger partial charge is 0.303 e. The summed E-state index contributed by atoms with van der Waals surface area (Å²) in [6.07, 6.45) is 0.430. The van der Waals surface area contributed by atoms with Gasteiger partial charge in [0.15, 0.2) is 24.3 Å². The molecule has 0 heterocycles. The molecule has 0 saturated carbocycles. The summed E-state index contributed by atoms with van der Waals surface area (Å²) in [4.78, 5) is 11.0. The van der Waals surface area contributed by atoms with E-state index in [0.29, 0.717) is 6.29 Å². The fraction of sp³-hybridized carbons (Fsp3) is 0.316. The molecule has 2 aromatic carbocycles. The molecule has 5 nitrogen and oxygen atoms in total. The summed E-state index contributed by atoms with van der Waals surface area (Å²) in [5, 5.41) is 0. The zero-order valence-corrected chi connectivity index (χ0v) is 16.3. The molecule has 0 unspecified atom stereocenters. The Labute approximate surface area is 154 Å². The lowest BCUT2D eigenvalue weighted by atomic mass is 9.95. The highest BCUT2D eigenvalue weighted by Gasteiger charge is 2.46. The van der Waals surface area contributed by atoms with E-state index in [4.69, 9.17) is 0 Å². The van der Waals surface area contributed by atoms with Gasteiger partial charge in [-0.05, 0) is 36.1 Å². The van der Waals surface area contributed by atoms with Crippen LogP contribution in [0, 0.1) is 11.8 Å². The minimum atomic E-state index is -4.22. The molecule has 0 aliphatic rings. The number of hydrogen-bond donors (Lipinski definition) is 0. The Morgan fingerprint density at radius 1 is 0.769 bits per heavy atom. The van der Waals surface area contributed by atoms with E-state index in [0.717, 1.165) is 0 Å². The van der Waals surface area contributed by atoms with Gasteiger partial charge in [0.1, 0.15) is 6.29 Å². The van der Waals surface area contributed by atoms with E-state index in [-0.39, 0.29) is 22.1 Å². The highest BCUT2D eigenvalue weighted by atomic mass is 32.3. The van der Waals surface area contributed by atoms with Crippen LogP contribution in [0.1, 0.15) is 20.3 Å². The Bertz CT molecular complexity index is 864. The second-order valence-electron chi connectivity index (χ2n) is 6.39. The van der Waals surface area contributed by atoms with Gasteiger partial charge in [-0.15, -0.1) is 0 Å². The molecule has 0 N–H and O–H groups in total. The third-order valence-electron chi connectivity index (χ3n) is 4.33. The average Bonchev–Trinajstić information content (AvgIpc) is 2.62. The van der Waals surface area contributed by atoms with Gasteiger partial charge in [-0.1, -0.05) is 50.2 Å². The van der Waals surface area contributed by atoms with E-state index >= 15 is 0 Å². The van der Waals surface area contributed by atoms with Gasteiger partial charge in [0, 0.05) is 6.42 Å². The number of aldehydes is 1. The van der Waals surface area contributed by atoms with E-state index in [1.165, 1.54) is 24.3 Å². The van der Waals surface area contributed by atoms with E-state index in [2.05, 4.69) is 0 Å². The number of hydrogen-bond acceptors (Lipinski definition) is 5. The minimum Gasteiger partial charge on any atom is -0.303 e. The van der Waals surface area contributed by atoms with Gasteiger partial charge in [-0.25, -0.2) is 16.8 Å². The molecule has 1 atom stereocenters. The van der Waals surface area contributed by atoms with Gasteiger partial charge < -0.3 is 4.79 Å². The fourth-order valence-corrected chi connectivity index (χ4v) is 8.31. The summed E-state index contributed by atoms with van der Waals surface area (Å²) in [5.41, 5.74) is 0. The van der Waals surface area contributed by atoms with E-state index < -0.39 is 30.2 Å². The Morgan fingerprint density at radius 3 is 1.46 bits per heavy atom. The molecule has 0 spiro atoms. The fourth-order valence-electron chi connectivity index (χ4n) is 2.92. The van der Waals surface area contributed by atoms with Crippen molar-refractivity contribution in [1.29, 1.82) is 0 Å². The van der Waals surface area contributed by atoms with Gasteiger partial charge >= 0.3 is 0 Å². The molecule has 0 aromatic heterocycles. The van der Waals surface area contributed by atoms with Crippen LogP contribution in [-0.2, 0) is 24.5 Å². The number of benzene rings is 2. The second-order valence-corrected chi connectivity index (χ2v) is 10.8. The van der Waals surface area contributed by atoms with E-state index in [9.17, 15) is 21.6 Å². The summed E-state index contributed by atoms with van der Waals surface area (Å²) in [6, 6.07) is 15.0. The lowest BCUT2D eigenvalue weighted by Gasteiger charge is -2.28. The normalized spacial score (nSPS) is 13.7. The molecule has 0 aliphatic carbocycles. The smallest absolute Gasteiger partial charge is 0.196 e. The molecule has 0 radical (unpaired) electrons. The number of carbonyl (C=O) groups is 1. The van der Waals surface area contributed by atoms with Crippen molar-refractivity contribution in [1.82, 2.24) is 0 Å². The Hall–Kier alpha value is -1.99. The molecule has 140 valence electrons. The van der Waals surface area contributed by atoms with Crippen LogP contribution < -0.4 is 0 Å². The quantitative estimate of drug-likeness (QED) is 0.642. The van der Waals surface area contributed by atoms with E-state index in [1.54, 1.807) is 50.2 Å². The Balaban J connectivity index is 2.73. The topological polar surface area (TPSA) is 85.3 Å². The van der Waals surface area contributed by atoms with E-state index in [1.807, 2.05) is 0 Å². The molecule has 2 rings (SSSR count). The average molecular weight is 395 g/mol. The maximum atomic E-state index is 13.3. The summed E-state index contributed by atoms with van der Waals surface area (Å²) >= 11 is 0. The van der Waals surface area contributed by atoms with Gasteiger partial charge in [0.2, 0.25) is 0 Å². The molecule has 0 aliphatic heterocycles. The first-order valence-corrected chi connectivity index (χ1v) is 11.3. The van der Waals surface area contributed by atoms with Gasteiger partial charge in [-0.2, -0.15) is 0 Å². The van der Waals surface area contributed by atoms with Crippen molar-refractivity contribution in [3.8, 4) is 0 Å². The van der Waals surface area contributed by atoms with Gasteiger partial charge in [0.05, 0.1) is 9.79 Å². The summed E-state index contributed by atoms with van der Waals surface area (Å²) in [7, 11) is -8.44. The molecule has 7 heteroatoms. The lowest BCUT2D eigenvalue weighted by molar-refractivity contribution is -0.108. The maximum absolute atomic E-state index is 13.3. The summed E-state index contributed by atoms with van der Waals surface area (Å²) in [5.74, 6) is -1.18. The highest BCUT2D eigenvalue weighted by Crippen LogP contribution is 2.35. The summed E-state index contributed by atoms with van der Waals surface area (Å²) < 4.78 is 51.4. The van der Waals surface area contributed by atoms with Crippen molar-refractivity contribution in [2.75, 3.05) is 0 Å². The van der Waals surface area contributed by atoms with Crippen molar-refractivity contribution in [3.05, 3.63) is 60.7 Å². The van der Waals surface area contributed by atoms with Crippen LogP contribution in [0.25, 0.3) is 0 Å². The molecule has 0 bridgehead atoms. The van der Waals surface area contributed by atoms with Crippen LogP contribution in [0.4, 0.5) is 0 Å². The van der Waals surface area contributed by atoms with Crippen molar-refractivity contribution in [2.24, 2.45) is 11.8 Å². The van der Waals surface area contributed by atoms with Crippen molar-refractivity contribution < 1.29 is 21.6 Å². The first-order chi connectivity index (χ1) is 12.2. The standard InChI is InChI=1S/C19H22O5S2/c1-15(2)18(13-14-20)19(25(21,22)16-9-5-3-6-10-16)26(23,24)17-11-7-4-8-12-17/h3-12,14-15,18-19H,13H2,1-2H3/t18-/m0/s1. The molecule has 2 aromatic rings. The zero-order chi connectivity index (χ0) is 19.4. The molecular weight excluding hydrogens is 372 g/mol. The predicted octanol–water partition coefficient (Wildman–Crippen LogP) is 3.12. The monoisotopic (exact) mass is 394 g/mol. The van der Waals surface area contributed by atoms with Crippen LogP contribution in [0.15, 0.2) is 70.5 Å². The van der Waals surface area contributed by atoms with Crippen LogP contribution in [-0.4, -0.2) is 27.7 Å². The zero-order valence-electron chi connectivity index (χ0n) is 14.6. The highest BCUT2D eigenvalue weighted by molar-refractivity contribution is 8.09. The molecule has 0 amide bonds. The lowest BCUT2D eigenvalue weighted by Crippen LogP contribution is -2.40. The van der Waals surface area contributed by atoms with Crippen LogP contribution >= 0.6 is 0 Å². The molecule has 0 saturated heterocycles. The van der Waals surface area contributed by atoms with Crippen molar-refractivity contribution in [2.45, 2.75) is 34.6 Å². The van der Waals surface area contributed by atoms with Gasteiger partial charge in [-0.3, -0.25) is 0 Å². The number of carbonyl (C=O) groups excluding carboxylic acids is 1. The molecule has 26 heavy (non-hydrogen) atoms. The van der Waals surface area contributed by atoms with Gasteiger partial charge in [0.25, 0.3) is 0 Å². The van der Waals surface area contributed by atoms with Crippen LogP contribution in [0.2, 0.25) is 0 Å². The first kappa shape index (κ1) is 20.3. The first-order valence-electron chi connectivity index (χ1n) is 8.24. The second kappa shape index (κ2) is 8.14. The molecule has 0 fully saturated rings. The minimum absolute atomic E-state index is 0.0685. The maximum Gasteiger partial charge on any atom is 0.196 e. The van der Waals surface area contributed by atoms with Crippen molar-refractivity contribution >= 4 is 26.0 Å². The third kappa shape index (κ3) is 4.04. The van der Waals surface area contributed by atoms with Crippen LogP contribution in [0.3, 0.4) is 0 Å². The van der Waals surface area contributed by atoms with Crippen molar-refractivity contribution in [3.63, 3.8) is 0 Å². The summed E-state index contributed by atoms with van der Waals surface area (Å²) in [6.45, 7) is 3.45. The Morgan fingerprint density at radius 2 is 1.15 bits per heavy atom. The number of sulfone groups is 2.